The Morgan fingerprint density at radius 1 is 1.38 bits per heavy atom. The van der Waals surface area contributed by atoms with Crippen molar-refractivity contribution in [1.82, 2.24) is 10.6 Å². The van der Waals surface area contributed by atoms with Gasteiger partial charge in [-0.25, -0.2) is 4.79 Å². The Labute approximate surface area is 96.8 Å². The predicted molar refractivity (Wildman–Crippen MR) is 62.4 cm³/mol. The van der Waals surface area contributed by atoms with Crippen LogP contribution in [0.5, 0.6) is 0 Å². The second-order valence-corrected chi connectivity index (χ2v) is 5.94. The summed E-state index contributed by atoms with van der Waals surface area (Å²) in [7, 11) is 0. The molecule has 4 heteroatoms. The van der Waals surface area contributed by atoms with E-state index >= 15 is 0 Å². The molecule has 16 heavy (non-hydrogen) atoms. The fraction of sp³-hybridized carbons (Fsp3) is 0.917. The third-order valence-corrected chi connectivity index (χ3v) is 4.12. The van der Waals surface area contributed by atoms with Crippen LogP contribution >= 0.6 is 0 Å². The van der Waals surface area contributed by atoms with E-state index in [1.807, 2.05) is 13.8 Å². The molecule has 0 spiro atoms. The molecule has 2 rings (SSSR count). The van der Waals surface area contributed by atoms with Gasteiger partial charge in [0.2, 0.25) is 0 Å². The van der Waals surface area contributed by atoms with Crippen molar-refractivity contribution >= 4 is 6.09 Å². The minimum absolute atomic E-state index is 0.297. The molecular weight excluding hydrogens is 204 g/mol. The second-order valence-electron chi connectivity index (χ2n) is 5.94. The molecule has 4 nitrogen and oxygen atoms in total. The Bertz CT molecular complexity index is 262. The number of nitrogens with one attached hydrogen (secondary N) is 2. The SMILES string of the molecule is CC(C)(CC1[C@@H]2CC[C@H]1CNC2)NC(=O)O. The van der Waals surface area contributed by atoms with Crippen molar-refractivity contribution in [2.75, 3.05) is 13.1 Å². The summed E-state index contributed by atoms with van der Waals surface area (Å²) in [6.45, 7) is 6.21. The van der Waals surface area contributed by atoms with E-state index in [4.69, 9.17) is 5.11 Å². The molecule has 1 unspecified atom stereocenters. The fourth-order valence-corrected chi connectivity index (χ4v) is 3.47. The van der Waals surface area contributed by atoms with E-state index in [0.29, 0.717) is 5.92 Å². The van der Waals surface area contributed by atoms with Crippen LogP contribution in [0.25, 0.3) is 0 Å². The largest absolute Gasteiger partial charge is 0.465 e. The molecule has 0 aromatic heterocycles. The Hall–Kier alpha value is -0.770. The summed E-state index contributed by atoms with van der Waals surface area (Å²) in [6.07, 6.45) is 2.68. The molecule has 1 amide bonds. The Balaban J connectivity index is 1.96. The van der Waals surface area contributed by atoms with Crippen LogP contribution < -0.4 is 10.6 Å². The lowest BCUT2D eigenvalue weighted by atomic mass is 9.78. The smallest absolute Gasteiger partial charge is 0.405 e. The van der Waals surface area contributed by atoms with Crippen LogP contribution in [0, 0.1) is 17.8 Å². The Morgan fingerprint density at radius 3 is 2.44 bits per heavy atom. The van der Waals surface area contributed by atoms with Crippen LogP contribution in [-0.2, 0) is 0 Å². The van der Waals surface area contributed by atoms with Crippen molar-refractivity contribution in [2.45, 2.75) is 38.6 Å². The van der Waals surface area contributed by atoms with Gasteiger partial charge >= 0.3 is 6.09 Å². The molecule has 0 aromatic carbocycles. The lowest BCUT2D eigenvalue weighted by Crippen LogP contribution is -2.48. The Kier molecular flexibility index (Phi) is 3.10. The highest BCUT2D eigenvalue weighted by Crippen LogP contribution is 2.43. The molecule has 0 radical (unpaired) electrons. The minimum atomic E-state index is -0.911. The van der Waals surface area contributed by atoms with Gasteiger partial charge in [0.05, 0.1) is 0 Å². The van der Waals surface area contributed by atoms with Crippen molar-refractivity contribution in [1.29, 1.82) is 0 Å². The van der Waals surface area contributed by atoms with Gasteiger partial charge in [-0.3, -0.25) is 0 Å². The molecule has 2 aliphatic rings. The van der Waals surface area contributed by atoms with Crippen LogP contribution in [0.1, 0.15) is 33.1 Å². The van der Waals surface area contributed by atoms with Gasteiger partial charge in [-0.1, -0.05) is 0 Å². The average Bonchev–Trinajstić information content (AvgIpc) is 2.40. The van der Waals surface area contributed by atoms with Gasteiger partial charge < -0.3 is 15.7 Å². The number of fused-ring (bicyclic) bond motifs is 2. The molecule has 1 aliphatic heterocycles. The van der Waals surface area contributed by atoms with Crippen LogP contribution in [0.2, 0.25) is 0 Å². The van der Waals surface area contributed by atoms with Gasteiger partial charge in [0.25, 0.3) is 0 Å². The van der Waals surface area contributed by atoms with E-state index in [-0.39, 0.29) is 5.54 Å². The third kappa shape index (κ3) is 2.48. The van der Waals surface area contributed by atoms with Crippen LogP contribution in [0.15, 0.2) is 0 Å². The number of rotatable bonds is 3. The monoisotopic (exact) mass is 226 g/mol. The minimum Gasteiger partial charge on any atom is -0.465 e. The zero-order chi connectivity index (χ0) is 11.8. The highest BCUT2D eigenvalue weighted by Gasteiger charge is 2.41. The second kappa shape index (κ2) is 4.24. The van der Waals surface area contributed by atoms with E-state index in [9.17, 15) is 4.79 Å². The number of hydrogen-bond acceptors (Lipinski definition) is 2. The van der Waals surface area contributed by atoms with E-state index in [1.165, 1.54) is 12.8 Å². The standard InChI is InChI=1S/C12H22N2O2/c1-12(2,14-11(15)16)5-10-8-3-4-9(10)7-13-6-8/h8-10,13-14H,3-7H2,1-2H3,(H,15,16)/t8-,9+,10?. The number of carboxylic acid groups (broad SMARTS) is 1. The van der Waals surface area contributed by atoms with Crippen molar-refractivity contribution in [3.63, 3.8) is 0 Å². The van der Waals surface area contributed by atoms with Gasteiger partial charge in [-0.05, 0) is 64.0 Å². The molecule has 1 saturated heterocycles. The van der Waals surface area contributed by atoms with Crippen LogP contribution in [-0.4, -0.2) is 29.8 Å². The van der Waals surface area contributed by atoms with Gasteiger partial charge in [-0.15, -0.1) is 0 Å². The number of hydrogen-bond donors (Lipinski definition) is 3. The maximum Gasteiger partial charge on any atom is 0.405 e. The lowest BCUT2D eigenvalue weighted by molar-refractivity contribution is 0.155. The molecule has 3 atom stereocenters. The molecule has 2 fully saturated rings. The molecule has 92 valence electrons. The first-order valence-electron chi connectivity index (χ1n) is 6.20. The van der Waals surface area contributed by atoms with E-state index < -0.39 is 6.09 Å². The predicted octanol–water partition coefficient (Wildman–Crippen LogP) is 1.67. The first-order chi connectivity index (χ1) is 7.48. The van der Waals surface area contributed by atoms with Gasteiger partial charge in [0.1, 0.15) is 0 Å². The van der Waals surface area contributed by atoms with Crippen molar-refractivity contribution in [3.8, 4) is 0 Å². The zero-order valence-corrected chi connectivity index (χ0v) is 10.1. The van der Waals surface area contributed by atoms with E-state index in [0.717, 1.165) is 31.3 Å². The van der Waals surface area contributed by atoms with Gasteiger partial charge in [0, 0.05) is 5.54 Å². The summed E-state index contributed by atoms with van der Waals surface area (Å²) in [5.41, 5.74) is -0.297. The summed E-state index contributed by atoms with van der Waals surface area (Å²) in [5.74, 6) is 2.21. The molecule has 1 saturated carbocycles. The maximum absolute atomic E-state index is 10.7. The van der Waals surface area contributed by atoms with Crippen molar-refractivity contribution in [3.05, 3.63) is 0 Å². The Morgan fingerprint density at radius 2 is 1.94 bits per heavy atom. The topological polar surface area (TPSA) is 61.4 Å². The molecule has 1 heterocycles. The fourth-order valence-electron chi connectivity index (χ4n) is 3.47. The summed E-state index contributed by atoms with van der Waals surface area (Å²) in [4.78, 5) is 10.7. The zero-order valence-electron chi connectivity index (χ0n) is 10.1. The number of carbonyl (C=O) groups is 1. The lowest BCUT2D eigenvalue weighted by Gasteiger charge is -2.36. The first kappa shape index (κ1) is 11.7. The number of piperidine rings is 1. The maximum atomic E-state index is 10.7. The highest BCUT2D eigenvalue weighted by molar-refractivity contribution is 5.65. The summed E-state index contributed by atoms with van der Waals surface area (Å²) < 4.78 is 0. The van der Waals surface area contributed by atoms with Crippen molar-refractivity contribution in [2.24, 2.45) is 17.8 Å². The van der Waals surface area contributed by atoms with Crippen LogP contribution in [0.3, 0.4) is 0 Å². The molecule has 3 N–H and O–H groups in total. The molecule has 1 aliphatic carbocycles. The van der Waals surface area contributed by atoms with Crippen LogP contribution in [0.4, 0.5) is 4.79 Å². The summed E-state index contributed by atoms with van der Waals surface area (Å²) in [6, 6.07) is 0. The van der Waals surface area contributed by atoms with E-state index in [2.05, 4.69) is 10.6 Å². The first-order valence-corrected chi connectivity index (χ1v) is 6.20. The summed E-state index contributed by atoms with van der Waals surface area (Å²) >= 11 is 0. The molecule has 0 aromatic rings. The molecular formula is C12H22N2O2. The average molecular weight is 226 g/mol. The molecule has 2 bridgehead atoms. The van der Waals surface area contributed by atoms with Gasteiger partial charge in [-0.2, -0.15) is 0 Å². The number of amides is 1. The quantitative estimate of drug-likeness (QED) is 0.686. The normalized spacial score (nSPS) is 33.8. The van der Waals surface area contributed by atoms with Crippen molar-refractivity contribution < 1.29 is 9.90 Å². The third-order valence-electron chi connectivity index (χ3n) is 4.12. The van der Waals surface area contributed by atoms with Gasteiger partial charge in [0.15, 0.2) is 0 Å². The summed E-state index contributed by atoms with van der Waals surface area (Å²) in [5, 5.41) is 14.9. The van der Waals surface area contributed by atoms with E-state index in [1.54, 1.807) is 0 Å². The highest BCUT2D eigenvalue weighted by atomic mass is 16.4.